The number of hydrogen-bond donors (Lipinski definition) is 2. The van der Waals surface area contributed by atoms with Gasteiger partial charge in [0.2, 0.25) is 5.17 Å². The summed E-state index contributed by atoms with van der Waals surface area (Å²) < 4.78 is 0. The molecular formula is C8H7ClN2O2. The van der Waals surface area contributed by atoms with E-state index in [0.29, 0.717) is 5.69 Å². The van der Waals surface area contributed by atoms with E-state index in [1.165, 1.54) is 0 Å². The summed E-state index contributed by atoms with van der Waals surface area (Å²) in [6.45, 7) is 0. The number of benzene rings is 1. The third-order valence-electron chi connectivity index (χ3n) is 1.23. The number of carboxylic acid groups (broad SMARTS) is 1. The van der Waals surface area contributed by atoms with Crippen LogP contribution in [0.1, 0.15) is 0 Å². The summed E-state index contributed by atoms with van der Waals surface area (Å²) in [7, 11) is 0. The molecule has 68 valence electrons. The van der Waals surface area contributed by atoms with E-state index in [9.17, 15) is 4.79 Å². The molecule has 4 nitrogen and oxygen atoms in total. The van der Waals surface area contributed by atoms with E-state index in [1.54, 1.807) is 24.3 Å². The first kappa shape index (κ1) is 9.54. The first-order chi connectivity index (χ1) is 6.20. The van der Waals surface area contributed by atoms with E-state index in [4.69, 9.17) is 16.7 Å². The number of aliphatic carboxylic acids is 1. The molecule has 0 aliphatic carbocycles. The third kappa shape index (κ3) is 3.13. The number of anilines is 1. The van der Waals surface area contributed by atoms with Crippen LogP contribution in [0, 0.1) is 0 Å². The van der Waals surface area contributed by atoms with Gasteiger partial charge in [-0.25, -0.2) is 4.79 Å². The summed E-state index contributed by atoms with van der Waals surface area (Å²) in [6.07, 6.45) is 0. The van der Waals surface area contributed by atoms with Crippen molar-refractivity contribution in [2.75, 3.05) is 5.43 Å². The highest BCUT2D eigenvalue weighted by Gasteiger charge is 2.03. The summed E-state index contributed by atoms with van der Waals surface area (Å²) in [5, 5.41) is 11.3. The molecule has 0 heterocycles. The molecule has 0 fully saturated rings. The predicted octanol–water partition coefficient (Wildman–Crippen LogP) is 1.74. The Balaban J connectivity index is 2.62. The lowest BCUT2D eigenvalue weighted by Gasteiger charge is -1.97. The van der Waals surface area contributed by atoms with Gasteiger partial charge < -0.3 is 5.11 Å². The molecule has 0 saturated carbocycles. The number of para-hydroxylation sites is 1. The molecule has 0 unspecified atom stereocenters. The van der Waals surface area contributed by atoms with Gasteiger partial charge in [0.15, 0.2) is 0 Å². The number of halogens is 1. The van der Waals surface area contributed by atoms with Crippen LogP contribution in [-0.4, -0.2) is 16.2 Å². The Labute approximate surface area is 79.8 Å². The SMILES string of the molecule is O=C(O)/C(Cl)=N/Nc1ccccc1. The standard InChI is InChI=1S/C8H7ClN2O2/c9-7(8(12)13)11-10-6-4-2-1-3-5-6/h1-5,10H,(H,12,13)/b11-7-. The minimum absolute atomic E-state index is 0.496. The Bertz CT molecular complexity index is 324. The van der Waals surface area contributed by atoms with E-state index in [2.05, 4.69) is 10.5 Å². The van der Waals surface area contributed by atoms with Crippen LogP contribution >= 0.6 is 11.6 Å². The molecule has 1 aromatic rings. The fourth-order valence-electron chi connectivity index (χ4n) is 0.674. The average molecular weight is 199 g/mol. The van der Waals surface area contributed by atoms with Gasteiger partial charge >= 0.3 is 5.97 Å². The van der Waals surface area contributed by atoms with Crippen LogP contribution < -0.4 is 5.43 Å². The van der Waals surface area contributed by atoms with Gasteiger partial charge in [-0.3, -0.25) is 5.43 Å². The Hall–Kier alpha value is -1.55. The molecule has 0 spiro atoms. The molecular weight excluding hydrogens is 192 g/mol. The fourth-order valence-corrected chi connectivity index (χ4v) is 0.716. The highest BCUT2D eigenvalue weighted by atomic mass is 35.5. The zero-order valence-electron chi connectivity index (χ0n) is 6.57. The van der Waals surface area contributed by atoms with E-state index in [1.807, 2.05) is 6.07 Å². The minimum atomic E-state index is -1.26. The number of carbonyl (C=O) groups is 1. The maximum absolute atomic E-state index is 10.2. The summed E-state index contributed by atoms with van der Waals surface area (Å²) in [5.41, 5.74) is 3.18. The van der Waals surface area contributed by atoms with Crippen LogP contribution in [0.3, 0.4) is 0 Å². The highest BCUT2D eigenvalue weighted by Crippen LogP contribution is 2.04. The number of hydrazone groups is 1. The van der Waals surface area contributed by atoms with Crippen LogP contribution in [0.25, 0.3) is 0 Å². The number of nitrogens with zero attached hydrogens (tertiary/aromatic N) is 1. The molecule has 2 N–H and O–H groups in total. The first-order valence-corrected chi connectivity index (χ1v) is 3.85. The molecule has 1 rings (SSSR count). The molecule has 5 heteroatoms. The lowest BCUT2D eigenvalue weighted by atomic mass is 10.3. The molecule has 0 aliphatic rings. The van der Waals surface area contributed by atoms with Gasteiger partial charge in [-0.05, 0) is 12.1 Å². The van der Waals surface area contributed by atoms with Crippen molar-refractivity contribution in [1.82, 2.24) is 0 Å². The zero-order valence-corrected chi connectivity index (χ0v) is 7.32. The van der Waals surface area contributed by atoms with Crippen LogP contribution in [0.15, 0.2) is 35.4 Å². The number of hydrogen-bond acceptors (Lipinski definition) is 3. The van der Waals surface area contributed by atoms with Gasteiger partial charge in [0, 0.05) is 0 Å². The van der Waals surface area contributed by atoms with Gasteiger partial charge in [0.1, 0.15) is 0 Å². The highest BCUT2D eigenvalue weighted by molar-refractivity contribution is 6.81. The van der Waals surface area contributed by atoms with Crippen molar-refractivity contribution in [2.24, 2.45) is 5.10 Å². The number of nitrogens with one attached hydrogen (secondary N) is 1. The van der Waals surface area contributed by atoms with E-state index < -0.39 is 11.1 Å². The van der Waals surface area contributed by atoms with Crippen molar-refractivity contribution >= 4 is 28.4 Å². The summed E-state index contributed by atoms with van der Waals surface area (Å²) >= 11 is 5.25. The van der Waals surface area contributed by atoms with Crippen molar-refractivity contribution < 1.29 is 9.90 Å². The molecule has 0 atom stereocenters. The maximum atomic E-state index is 10.2. The molecule has 0 saturated heterocycles. The Kier molecular flexibility index (Phi) is 3.28. The molecule has 0 radical (unpaired) electrons. The van der Waals surface area contributed by atoms with Crippen molar-refractivity contribution in [3.8, 4) is 0 Å². The topological polar surface area (TPSA) is 61.7 Å². The van der Waals surface area contributed by atoms with Crippen LogP contribution in [-0.2, 0) is 4.79 Å². The average Bonchev–Trinajstić information content (AvgIpc) is 2.15. The van der Waals surface area contributed by atoms with Crippen molar-refractivity contribution in [2.45, 2.75) is 0 Å². The zero-order chi connectivity index (χ0) is 9.68. The quantitative estimate of drug-likeness (QED) is 0.575. The second kappa shape index (κ2) is 4.47. The summed E-state index contributed by atoms with van der Waals surface area (Å²) in [6, 6.07) is 8.93. The van der Waals surface area contributed by atoms with Crippen LogP contribution in [0.5, 0.6) is 0 Å². The van der Waals surface area contributed by atoms with Crippen LogP contribution in [0.4, 0.5) is 5.69 Å². The molecule has 1 aromatic carbocycles. The maximum Gasteiger partial charge on any atom is 0.368 e. The van der Waals surface area contributed by atoms with Crippen molar-refractivity contribution in [3.63, 3.8) is 0 Å². The molecule has 0 aliphatic heterocycles. The van der Waals surface area contributed by atoms with Crippen molar-refractivity contribution in [1.29, 1.82) is 0 Å². The molecule has 0 aromatic heterocycles. The Morgan fingerprint density at radius 1 is 1.38 bits per heavy atom. The lowest BCUT2D eigenvalue weighted by Crippen LogP contribution is -2.07. The Morgan fingerprint density at radius 3 is 2.54 bits per heavy atom. The molecule has 13 heavy (non-hydrogen) atoms. The molecule has 0 bridgehead atoms. The van der Waals surface area contributed by atoms with Gasteiger partial charge in [-0.1, -0.05) is 29.8 Å². The monoisotopic (exact) mass is 198 g/mol. The van der Waals surface area contributed by atoms with Crippen molar-refractivity contribution in [3.05, 3.63) is 30.3 Å². The van der Waals surface area contributed by atoms with Gasteiger partial charge in [0.05, 0.1) is 5.69 Å². The summed E-state index contributed by atoms with van der Waals surface area (Å²) in [4.78, 5) is 10.2. The third-order valence-corrected chi connectivity index (χ3v) is 1.48. The molecule has 0 amide bonds. The first-order valence-electron chi connectivity index (χ1n) is 3.47. The predicted molar refractivity (Wildman–Crippen MR) is 51.0 cm³/mol. The van der Waals surface area contributed by atoms with E-state index >= 15 is 0 Å². The fraction of sp³-hybridized carbons (Fsp3) is 0. The largest absolute Gasteiger partial charge is 0.476 e. The van der Waals surface area contributed by atoms with Crippen LogP contribution in [0.2, 0.25) is 0 Å². The van der Waals surface area contributed by atoms with E-state index in [0.717, 1.165) is 0 Å². The smallest absolute Gasteiger partial charge is 0.368 e. The van der Waals surface area contributed by atoms with Gasteiger partial charge in [-0.15, -0.1) is 0 Å². The number of rotatable bonds is 3. The number of carboxylic acids is 1. The van der Waals surface area contributed by atoms with E-state index in [-0.39, 0.29) is 0 Å². The second-order valence-electron chi connectivity index (χ2n) is 2.19. The Morgan fingerprint density at radius 2 is 2.00 bits per heavy atom. The lowest BCUT2D eigenvalue weighted by molar-refractivity contribution is -0.129. The second-order valence-corrected chi connectivity index (χ2v) is 2.54. The van der Waals surface area contributed by atoms with Gasteiger partial charge in [-0.2, -0.15) is 5.10 Å². The van der Waals surface area contributed by atoms with Gasteiger partial charge in [0.25, 0.3) is 0 Å². The minimum Gasteiger partial charge on any atom is -0.476 e. The normalized spacial score (nSPS) is 11.0. The summed E-state index contributed by atoms with van der Waals surface area (Å²) in [5.74, 6) is -1.26.